The summed E-state index contributed by atoms with van der Waals surface area (Å²) in [7, 11) is 0. The second-order valence-electron chi connectivity index (χ2n) is 5.32. The van der Waals surface area contributed by atoms with Gasteiger partial charge in [0.25, 0.3) is 5.91 Å². The highest BCUT2D eigenvalue weighted by atomic mass is 16.5. The van der Waals surface area contributed by atoms with Crippen LogP contribution in [0.3, 0.4) is 0 Å². The van der Waals surface area contributed by atoms with E-state index in [1.165, 1.54) is 6.33 Å². The summed E-state index contributed by atoms with van der Waals surface area (Å²) < 4.78 is 5.54. The summed E-state index contributed by atoms with van der Waals surface area (Å²) in [5.41, 5.74) is 2.43. The molecule has 0 aliphatic carbocycles. The number of ether oxygens (including phenoxy) is 1. The first kappa shape index (κ1) is 14.6. The number of rotatable bonds is 4. The number of nitrogens with one attached hydrogen (secondary N) is 1. The molecule has 7 heteroatoms. The number of hydrogen-bond acceptors (Lipinski definition) is 5. The van der Waals surface area contributed by atoms with Gasteiger partial charge in [0.05, 0.1) is 43.2 Å². The summed E-state index contributed by atoms with van der Waals surface area (Å²) in [5, 5.41) is 0. The molecule has 0 spiro atoms. The largest absolute Gasteiger partial charge is 0.377 e. The second kappa shape index (κ2) is 6.65. The predicted octanol–water partition coefficient (Wildman–Crippen LogP) is 0.982. The van der Waals surface area contributed by atoms with E-state index in [1.54, 1.807) is 18.6 Å². The molecule has 0 radical (unpaired) electrons. The number of aryl methyl sites for hydroxylation is 2. The first-order valence-electron chi connectivity index (χ1n) is 7.39. The predicted molar refractivity (Wildman–Crippen MR) is 79.3 cm³/mol. The first-order valence-corrected chi connectivity index (χ1v) is 7.39. The molecule has 1 saturated heterocycles. The molecule has 1 aliphatic rings. The van der Waals surface area contributed by atoms with Crippen molar-refractivity contribution in [3.8, 4) is 0 Å². The van der Waals surface area contributed by atoms with Gasteiger partial charge < -0.3 is 14.6 Å². The highest BCUT2D eigenvalue weighted by Crippen LogP contribution is 2.16. The van der Waals surface area contributed by atoms with E-state index < -0.39 is 0 Å². The molecule has 116 valence electrons. The minimum Gasteiger partial charge on any atom is -0.377 e. The van der Waals surface area contributed by atoms with E-state index >= 15 is 0 Å². The smallest absolute Gasteiger partial charge is 0.272 e. The third-order valence-electron chi connectivity index (χ3n) is 3.91. The summed E-state index contributed by atoms with van der Waals surface area (Å²) >= 11 is 0. The third-order valence-corrected chi connectivity index (χ3v) is 3.91. The molecule has 0 unspecified atom stereocenters. The summed E-state index contributed by atoms with van der Waals surface area (Å²) in [4.78, 5) is 29.8. The lowest BCUT2D eigenvalue weighted by atomic mass is 10.1. The second-order valence-corrected chi connectivity index (χ2v) is 5.32. The van der Waals surface area contributed by atoms with E-state index in [9.17, 15) is 4.79 Å². The molecular formula is C15H19N5O2. The Labute approximate surface area is 128 Å². The van der Waals surface area contributed by atoms with Crippen molar-refractivity contribution in [1.82, 2.24) is 24.8 Å². The van der Waals surface area contributed by atoms with Crippen LogP contribution >= 0.6 is 0 Å². The molecular weight excluding hydrogens is 282 g/mol. The Morgan fingerprint density at radius 1 is 1.45 bits per heavy atom. The van der Waals surface area contributed by atoms with E-state index in [0.717, 1.165) is 24.2 Å². The molecule has 1 fully saturated rings. The summed E-state index contributed by atoms with van der Waals surface area (Å²) in [6.45, 7) is 3.68. The van der Waals surface area contributed by atoms with Gasteiger partial charge in [-0.2, -0.15) is 0 Å². The number of aromatic amines is 1. The zero-order chi connectivity index (χ0) is 15.4. The van der Waals surface area contributed by atoms with Crippen molar-refractivity contribution in [2.24, 2.45) is 0 Å². The number of carbonyl (C=O) groups is 1. The van der Waals surface area contributed by atoms with Gasteiger partial charge in [-0.3, -0.25) is 14.8 Å². The minimum absolute atomic E-state index is 0.0262. The van der Waals surface area contributed by atoms with Crippen LogP contribution < -0.4 is 0 Å². The Bertz CT molecular complexity index is 629. The van der Waals surface area contributed by atoms with Crippen molar-refractivity contribution in [2.75, 3.05) is 19.8 Å². The SMILES string of the molecule is Cc1nccnc1CC[C@@H]1COCCN1C(=O)c1cnc[nH]1. The molecule has 1 N–H and O–H groups in total. The van der Waals surface area contributed by atoms with Crippen LogP contribution in [0.1, 0.15) is 28.3 Å². The maximum absolute atomic E-state index is 12.5. The van der Waals surface area contributed by atoms with Gasteiger partial charge in [-0.1, -0.05) is 0 Å². The van der Waals surface area contributed by atoms with Crippen LogP contribution in [0.2, 0.25) is 0 Å². The van der Waals surface area contributed by atoms with E-state index in [0.29, 0.717) is 25.5 Å². The number of morpholine rings is 1. The van der Waals surface area contributed by atoms with Gasteiger partial charge in [-0.25, -0.2) is 4.98 Å². The molecule has 2 aromatic heterocycles. The fraction of sp³-hybridized carbons (Fsp3) is 0.467. The quantitative estimate of drug-likeness (QED) is 0.910. The minimum atomic E-state index is -0.0262. The van der Waals surface area contributed by atoms with Crippen LogP contribution in [0.5, 0.6) is 0 Å². The van der Waals surface area contributed by atoms with Crippen LogP contribution in [-0.4, -0.2) is 56.5 Å². The van der Waals surface area contributed by atoms with Crippen LogP contribution in [-0.2, 0) is 11.2 Å². The Hall–Kier alpha value is -2.28. The fourth-order valence-corrected chi connectivity index (χ4v) is 2.67. The van der Waals surface area contributed by atoms with E-state index in [2.05, 4.69) is 19.9 Å². The number of H-pyrrole nitrogens is 1. The van der Waals surface area contributed by atoms with E-state index in [4.69, 9.17) is 4.74 Å². The van der Waals surface area contributed by atoms with Gasteiger partial charge in [0.1, 0.15) is 5.69 Å². The molecule has 3 heterocycles. The summed E-state index contributed by atoms with van der Waals surface area (Å²) in [5.74, 6) is -0.0262. The average Bonchev–Trinajstić information content (AvgIpc) is 3.08. The Kier molecular flexibility index (Phi) is 4.43. The Morgan fingerprint density at radius 3 is 3.09 bits per heavy atom. The highest BCUT2D eigenvalue weighted by molar-refractivity contribution is 5.92. The van der Waals surface area contributed by atoms with Gasteiger partial charge in [-0.05, 0) is 19.8 Å². The first-order chi connectivity index (χ1) is 10.8. The number of imidazole rings is 1. The fourth-order valence-electron chi connectivity index (χ4n) is 2.67. The lowest BCUT2D eigenvalue weighted by Gasteiger charge is -2.35. The van der Waals surface area contributed by atoms with Gasteiger partial charge in [-0.15, -0.1) is 0 Å². The summed E-state index contributed by atoms with van der Waals surface area (Å²) in [6.07, 6.45) is 8.05. The van der Waals surface area contributed by atoms with Crippen molar-refractivity contribution < 1.29 is 9.53 Å². The standard InChI is InChI=1S/C15H19N5O2/c1-11-13(18-5-4-17-11)3-2-12-9-22-7-6-20(12)15(21)14-8-16-10-19-14/h4-5,8,10,12H,2-3,6-7,9H2,1H3,(H,16,19)/t12-/m1/s1. The molecule has 0 saturated carbocycles. The average molecular weight is 301 g/mol. The molecule has 1 aliphatic heterocycles. The highest BCUT2D eigenvalue weighted by Gasteiger charge is 2.28. The monoisotopic (exact) mass is 301 g/mol. The maximum atomic E-state index is 12.5. The summed E-state index contributed by atoms with van der Waals surface area (Å²) in [6, 6.07) is 0.0472. The molecule has 3 rings (SSSR count). The zero-order valence-electron chi connectivity index (χ0n) is 12.5. The van der Waals surface area contributed by atoms with Crippen molar-refractivity contribution in [3.05, 3.63) is 42.0 Å². The van der Waals surface area contributed by atoms with Gasteiger partial charge in [0, 0.05) is 18.9 Å². The molecule has 1 atom stereocenters. The molecule has 0 aromatic carbocycles. The normalized spacial score (nSPS) is 18.4. The van der Waals surface area contributed by atoms with Crippen LogP contribution in [0, 0.1) is 6.92 Å². The molecule has 2 aromatic rings. The molecule has 0 bridgehead atoms. The van der Waals surface area contributed by atoms with Crippen LogP contribution in [0.25, 0.3) is 0 Å². The van der Waals surface area contributed by atoms with E-state index in [-0.39, 0.29) is 11.9 Å². The number of nitrogens with zero attached hydrogens (tertiary/aromatic N) is 4. The maximum Gasteiger partial charge on any atom is 0.272 e. The number of aromatic nitrogens is 4. The van der Waals surface area contributed by atoms with Gasteiger partial charge in [0.15, 0.2) is 0 Å². The van der Waals surface area contributed by atoms with Gasteiger partial charge in [0.2, 0.25) is 0 Å². The van der Waals surface area contributed by atoms with E-state index in [1.807, 2.05) is 11.8 Å². The number of carbonyl (C=O) groups excluding carboxylic acids is 1. The topological polar surface area (TPSA) is 84.0 Å². The van der Waals surface area contributed by atoms with Crippen LogP contribution in [0.15, 0.2) is 24.9 Å². The van der Waals surface area contributed by atoms with Crippen molar-refractivity contribution in [1.29, 1.82) is 0 Å². The zero-order valence-corrected chi connectivity index (χ0v) is 12.5. The van der Waals surface area contributed by atoms with Crippen molar-refractivity contribution in [3.63, 3.8) is 0 Å². The van der Waals surface area contributed by atoms with Crippen molar-refractivity contribution >= 4 is 5.91 Å². The Morgan fingerprint density at radius 2 is 2.32 bits per heavy atom. The third kappa shape index (κ3) is 3.14. The lowest BCUT2D eigenvalue weighted by Crippen LogP contribution is -2.49. The number of amides is 1. The molecule has 7 nitrogen and oxygen atoms in total. The Balaban J connectivity index is 1.68. The van der Waals surface area contributed by atoms with Gasteiger partial charge >= 0.3 is 0 Å². The van der Waals surface area contributed by atoms with Crippen molar-refractivity contribution in [2.45, 2.75) is 25.8 Å². The number of hydrogen-bond donors (Lipinski definition) is 1. The molecule has 22 heavy (non-hydrogen) atoms. The lowest BCUT2D eigenvalue weighted by molar-refractivity contribution is -0.00441. The molecule has 1 amide bonds. The van der Waals surface area contributed by atoms with Crippen LogP contribution in [0.4, 0.5) is 0 Å².